The number of carbonyl (C=O) groups is 1. The molecule has 4 nitrogen and oxygen atoms in total. The van der Waals surface area contributed by atoms with Gasteiger partial charge in [-0.3, -0.25) is 0 Å². The van der Waals surface area contributed by atoms with Gasteiger partial charge in [0.05, 0.1) is 21.1 Å². The monoisotopic (exact) mass is 184 g/mol. The maximum absolute atomic E-state index is 9.86. The second-order valence-electron chi connectivity index (χ2n) is 3.13. The SMILES string of the molecule is C[N+](C)(C)CCOC(=O)O.Cl. The Morgan fingerprint density at radius 3 is 2.18 bits per heavy atom. The van der Waals surface area contributed by atoms with Crippen LogP contribution in [0.15, 0.2) is 0 Å². The van der Waals surface area contributed by atoms with Crippen molar-refractivity contribution in [1.29, 1.82) is 0 Å². The summed E-state index contributed by atoms with van der Waals surface area (Å²) in [5, 5.41) is 8.08. The molecule has 0 aromatic rings. The molecule has 0 atom stereocenters. The number of carboxylic acid groups (broad SMARTS) is 1. The van der Waals surface area contributed by atoms with Crippen LogP contribution in [0.3, 0.4) is 0 Å². The molecule has 1 N–H and O–H groups in total. The van der Waals surface area contributed by atoms with E-state index in [2.05, 4.69) is 4.74 Å². The molecule has 11 heavy (non-hydrogen) atoms. The Labute approximate surface area is 72.8 Å². The smallest absolute Gasteiger partial charge is 0.450 e. The van der Waals surface area contributed by atoms with E-state index in [-0.39, 0.29) is 19.0 Å². The molecule has 0 fully saturated rings. The van der Waals surface area contributed by atoms with Gasteiger partial charge in [-0.1, -0.05) is 0 Å². The molecule has 0 bridgehead atoms. The summed E-state index contributed by atoms with van der Waals surface area (Å²) in [6.45, 7) is 0.963. The topological polar surface area (TPSA) is 46.5 Å². The van der Waals surface area contributed by atoms with Crippen LogP contribution in [0, 0.1) is 0 Å². The molecule has 0 heterocycles. The van der Waals surface area contributed by atoms with Gasteiger partial charge in [0.2, 0.25) is 0 Å². The van der Waals surface area contributed by atoms with Crippen molar-refractivity contribution >= 4 is 18.6 Å². The Kier molecular flexibility index (Phi) is 6.22. The lowest BCUT2D eigenvalue weighted by atomic mass is 10.5. The van der Waals surface area contributed by atoms with Crippen molar-refractivity contribution in [2.45, 2.75) is 0 Å². The fraction of sp³-hybridized carbons (Fsp3) is 0.833. The minimum absolute atomic E-state index is 0. The van der Waals surface area contributed by atoms with Crippen molar-refractivity contribution in [1.82, 2.24) is 0 Å². The maximum atomic E-state index is 9.86. The molecule has 68 valence electrons. The number of hydrogen-bond acceptors (Lipinski definition) is 2. The molecule has 0 aromatic carbocycles. The summed E-state index contributed by atoms with van der Waals surface area (Å²) in [4.78, 5) is 9.86. The molecule has 0 saturated heterocycles. The predicted molar refractivity (Wildman–Crippen MR) is 44.1 cm³/mol. The van der Waals surface area contributed by atoms with Crippen molar-refractivity contribution in [3.05, 3.63) is 0 Å². The lowest BCUT2D eigenvalue weighted by Gasteiger charge is -2.22. The summed E-state index contributed by atoms with van der Waals surface area (Å²) in [5.74, 6) is 0. The van der Waals surface area contributed by atoms with Gasteiger partial charge in [-0.15, -0.1) is 12.4 Å². The van der Waals surface area contributed by atoms with Crippen LogP contribution in [0.1, 0.15) is 0 Å². The van der Waals surface area contributed by atoms with Gasteiger partial charge in [0, 0.05) is 0 Å². The van der Waals surface area contributed by atoms with Gasteiger partial charge in [0.15, 0.2) is 0 Å². The largest absolute Gasteiger partial charge is 0.505 e. The van der Waals surface area contributed by atoms with E-state index in [1.165, 1.54) is 0 Å². The van der Waals surface area contributed by atoms with E-state index in [4.69, 9.17) is 5.11 Å². The number of quaternary nitrogens is 1. The van der Waals surface area contributed by atoms with Gasteiger partial charge in [0.25, 0.3) is 0 Å². The van der Waals surface area contributed by atoms with E-state index in [9.17, 15) is 4.79 Å². The molecule has 0 amide bonds. The highest BCUT2D eigenvalue weighted by Crippen LogP contribution is 1.88. The van der Waals surface area contributed by atoms with Crippen molar-refractivity contribution < 1.29 is 19.1 Å². The third-order valence-electron chi connectivity index (χ3n) is 0.988. The summed E-state index contributed by atoms with van der Waals surface area (Å²) in [7, 11) is 5.93. The second kappa shape index (κ2) is 5.21. The molecule has 0 aliphatic heterocycles. The van der Waals surface area contributed by atoms with Crippen LogP contribution < -0.4 is 0 Å². The van der Waals surface area contributed by atoms with E-state index < -0.39 is 6.16 Å². The number of nitrogens with zero attached hydrogens (tertiary/aromatic N) is 1. The molecule has 0 unspecified atom stereocenters. The molecule has 0 saturated carbocycles. The first-order valence-corrected chi connectivity index (χ1v) is 3.08. The number of rotatable bonds is 3. The van der Waals surface area contributed by atoms with Crippen molar-refractivity contribution in [3.63, 3.8) is 0 Å². The highest BCUT2D eigenvalue weighted by molar-refractivity contribution is 5.85. The van der Waals surface area contributed by atoms with Gasteiger partial charge < -0.3 is 14.3 Å². The van der Waals surface area contributed by atoms with Gasteiger partial charge in [-0.2, -0.15) is 0 Å². The zero-order valence-electron chi connectivity index (χ0n) is 7.03. The first kappa shape index (κ1) is 13.1. The number of hydrogen-bond donors (Lipinski definition) is 1. The van der Waals surface area contributed by atoms with Crippen LogP contribution in [0.5, 0.6) is 0 Å². The standard InChI is InChI=1S/C6H13NO3.ClH/c1-7(2,3)4-5-10-6(8)9;/h4-5H2,1-3H3;1H/p+1. The summed E-state index contributed by atoms with van der Waals surface area (Å²) < 4.78 is 5.03. The van der Waals surface area contributed by atoms with E-state index in [1.807, 2.05) is 21.1 Å². The van der Waals surface area contributed by atoms with Gasteiger partial charge in [-0.25, -0.2) is 4.79 Å². The Hall–Kier alpha value is -0.480. The van der Waals surface area contributed by atoms with Gasteiger partial charge in [-0.05, 0) is 0 Å². The zero-order chi connectivity index (χ0) is 8.20. The summed E-state index contributed by atoms with van der Waals surface area (Å²) >= 11 is 0. The molecule has 0 radical (unpaired) electrons. The first-order chi connectivity index (χ1) is 4.42. The Morgan fingerprint density at radius 1 is 1.45 bits per heavy atom. The number of halogens is 1. The molecule has 0 rings (SSSR count). The predicted octanol–water partition coefficient (Wildman–Crippen LogP) is 0.809. The zero-order valence-corrected chi connectivity index (χ0v) is 7.85. The third-order valence-corrected chi connectivity index (χ3v) is 0.988. The van der Waals surface area contributed by atoms with Crippen LogP contribution in [-0.2, 0) is 4.74 Å². The van der Waals surface area contributed by atoms with Crippen LogP contribution >= 0.6 is 12.4 Å². The normalized spacial score (nSPS) is 10.1. The highest BCUT2D eigenvalue weighted by atomic mass is 35.5. The third kappa shape index (κ3) is 12.7. The average molecular weight is 185 g/mol. The van der Waals surface area contributed by atoms with E-state index >= 15 is 0 Å². The van der Waals surface area contributed by atoms with E-state index in [1.54, 1.807) is 0 Å². The molecular formula is C6H15ClNO3+. The lowest BCUT2D eigenvalue weighted by molar-refractivity contribution is -0.870. The highest BCUT2D eigenvalue weighted by Gasteiger charge is 2.07. The molecule has 0 aromatic heterocycles. The van der Waals surface area contributed by atoms with Crippen molar-refractivity contribution in [2.24, 2.45) is 0 Å². The number of ether oxygens (including phenoxy) is 1. The molecule has 0 aliphatic rings. The van der Waals surface area contributed by atoms with Crippen LogP contribution in [-0.4, -0.2) is 50.0 Å². The summed E-state index contributed by atoms with van der Waals surface area (Å²) in [6.07, 6.45) is -1.20. The minimum atomic E-state index is -1.20. The molecule has 0 spiro atoms. The lowest BCUT2D eigenvalue weighted by Crippen LogP contribution is -2.37. The summed E-state index contributed by atoms with van der Waals surface area (Å²) in [6, 6.07) is 0. The quantitative estimate of drug-likeness (QED) is 0.522. The number of likely N-dealkylation sites (N-methyl/N-ethyl adjacent to an activating group) is 1. The minimum Gasteiger partial charge on any atom is -0.450 e. The van der Waals surface area contributed by atoms with E-state index in [0.717, 1.165) is 0 Å². The maximum Gasteiger partial charge on any atom is 0.505 e. The van der Waals surface area contributed by atoms with Crippen molar-refractivity contribution in [2.75, 3.05) is 34.3 Å². The second-order valence-corrected chi connectivity index (χ2v) is 3.13. The van der Waals surface area contributed by atoms with E-state index in [0.29, 0.717) is 11.0 Å². The first-order valence-electron chi connectivity index (χ1n) is 3.08. The van der Waals surface area contributed by atoms with Crippen LogP contribution in [0.4, 0.5) is 4.79 Å². The molecular weight excluding hydrogens is 170 g/mol. The Morgan fingerprint density at radius 2 is 1.91 bits per heavy atom. The van der Waals surface area contributed by atoms with Crippen LogP contribution in [0.2, 0.25) is 0 Å². The van der Waals surface area contributed by atoms with Gasteiger partial charge in [0.1, 0.15) is 13.2 Å². The fourth-order valence-electron chi connectivity index (χ4n) is 0.407. The van der Waals surface area contributed by atoms with Gasteiger partial charge >= 0.3 is 6.16 Å². The molecule has 0 aliphatic carbocycles. The van der Waals surface area contributed by atoms with Crippen LogP contribution in [0.25, 0.3) is 0 Å². The summed E-state index contributed by atoms with van der Waals surface area (Å²) in [5.41, 5.74) is 0. The Bertz CT molecular complexity index is 121. The fourth-order valence-corrected chi connectivity index (χ4v) is 0.407. The van der Waals surface area contributed by atoms with Crippen molar-refractivity contribution in [3.8, 4) is 0 Å². The average Bonchev–Trinajstić information content (AvgIpc) is 1.59. The Balaban J connectivity index is 0. The molecule has 5 heteroatoms.